The second-order valence-electron chi connectivity index (χ2n) is 3.27. The number of ketones is 1. The minimum Gasteiger partial charge on any atom is -0.408 e. The molecular weight excluding hydrogens is 253 g/mol. The topological polar surface area (TPSA) is 52.2 Å². The summed E-state index contributed by atoms with van der Waals surface area (Å²) in [6, 6.07) is 4.59. The molecule has 1 heterocycles. The summed E-state index contributed by atoms with van der Waals surface area (Å²) in [5.74, 6) is -0.883. The van der Waals surface area contributed by atoms with Crippen LogP contribution in [0.5, 0.6) is 0 Å². The maximum absolute atomic E-state index is 11.5. The molecule has 0 aliphatic heterocycles. The number of alkyl halides is 2. The maximum Gasteiger partial charge on any atom is 0.419 e. The number of benzene rings is 1. The lowest BCUT2D eigenvalue weighted by molar-refractivity contribution is 0.101. The fourth-order valence-electron chi connectivity index (χ4n) is 1.41. The van der Waals surface area contributed by atoms with E-state index >= 15 is 0 Å². The normalized spacial score (nSPS) is 11.2. The molecule has 0 spiro atoms. The first-order valence-corrected chi connectivity index (χ1v) is 5.30. The SMILES string of the molecule is Cn1c(=O)oc2ccc(C(=O)C(Cl)Cl)cc21. The van der Waals surface area contributed by atoms with Crippen molar-refractivity contribution in [1.29, 1.82) is 0 Å². The molecule has 2 aromatic rings. The van der Waals surface area contributed by atoms with Gasteiger partial charge in [-0.25, -0.2) is 4.79 Å². The highest BCUT2D eigenvalue weighted by Crippen LogP contribution is 2.18. The summed E-state index contributed by atoms with van der Waals surface area (Å²) in [6.45, 7) is 0. The third kappa shape index (κ3) is 1.74. The van der Waals surface area contributed by atoms with Crippen molar-refractivity contribution in [3.05, 3.63) is 34.3 Å². The van der Waals surface area contributed by atoms with Crippen LogP contribution in [0.4, 0.5) is 0 Å². The Kier molecular flexibility index (Phi) is 2.78. The van der Waals surface area contributed by atoms with Crippen molar-refractivity contribution in [2.45, 2.75) is 4.84 Å². The van der Waals surface area contributed by atoms with Crippen LogP contribution in [-0.4, -0.2) is 15.2 Å². The summed E-state index contributed by atoms with van der Waals surface area (Å²) >= 11 is 11.0. The zero-order chi connectivity index (χ0) is 11.9. The molecule has 84 valence electrons. The van der Waals surface area contributed by atoms with Crippen molar-refractivity contribution in [2.24, 2.45) is 7.05 Å². The molecule has 0 atom stereocenters. The highest BCUT2D eigenvalue weighted by molar-refractivity contribution is 6.55. The highest BCUT2D eigenvalue weighted by Gasteiger charge is 2.16. The molecule has 0 saturated heterocycles. The molecule has 0 bridgehead atoms. The Morgan fingerprint density at radius 1 is 1.44 bits per heavy atom. The first-order valence-electron chi connectivity index (χ1n) is 4.42. The molecule has 1 aromatic heterocycles. The third-order valence-corrected chi connectivity index (χ3v) is 2.67. The third-order valence-electron chi connectivity index (χ3n) is 2.27. The molecule has 0 aliphatic rings. The summed E-state index contributed by atoms with van der Waals surface area (Å²) in [5, 5.41) is 0. The molecule has 0 unspecified atom stereocenters. The van der Waals surface area contributed by atoms with Crippen molar-refractivity contribution >= 4 is 40.1 Å². The lowest BCUT2D eigenvalue weighted by atomic mass is 10.1. The molecule has 0 amide bonds. The Balaban J connectivity index is 2.64. The van der Waals surface area contributed by atoms with Gasteiger partial charge in [-0.05, 0) is 18.2 Å². The highest BCUT2D eigenvalue weighted by atomic mass is 35.5. The van der Waals surface area contributed by atoms with Gasteiger partial charge in [0.25, 0.3) is 0 Å². The zero-order valence-corrected chi connectivity index (χ0v) is 9.75. The van der Waals surface area contributed by atoms with Gasteiger partial charge in [0, 0.05) is 12.6 Å². The number of nitrogens with zero attached hydrogens (tertiary/aromatic N) is 1. The van der Waals surface area contributed by atoms with Crippen molar-refractivity contribution in [3.8, 4) is 0 Å². The van der Waals surface area contributed by atoms with Gasteiger partial charge in [0.15, 0.2) is 16.2 Å². The van der Waals surface area contributed by atoms with E-state index in [1.54, 1.807) is 13.1 Å². The molecule has 2 rings (SSSR count). The predicted octanol–water partition coefficient (Wildman–Crippen LogP) is 2.12. The summed E-state index contributed by atoms with van der Waals surface area (Å²) in [7, 11) is 1.56. The number of hydrogen-bond acceptors (Lipinski definition) is 3. The van der Waals surface area contributed by atoms with Gasteiger partial charge in [-0.1, -0.05) is 23.2 Å². The zero-order valence-electron chi connectivity index (χ0n) is 8.24. The molecule has 4 nitrogen and oxygen atoms in total. The maximum atomic E-state index is 11.5. The number of Topliss-reactive ketones (excluding diaryl/α,β-unsaturated/α-hetero) is 1. The minimum absolute atomic E-state index is 0.346. The molecule has 0 N–H and O–H groups in total. The number of hydrogen-bond donors (Lipinski definition) is 0. The van der Waals surface area contributed by atoms with E-state index in [0.29, 0.717) is 16.7 Å². The van der Waals surface area contributed by atoms with Gasteiger partial charge in [-0.15, -0.1) is 0 Å². The molecule has 0 radical (unpaired) electrons. The number of aryl methyl sites for hydroxylation is 1. The molecule has 0 fully saturated rings. The number of fused-ring (bicyclic) bond motifs is 1. The average Bonchev–Trinajstić information content (AvgIpc) is 2.53. The van der Waals surface area contributed by atoms with Crippen LogP contribution in [0.3, 0.4) is 0 Å². The quantitative estimate of drug-likeness (QED) is 0.613. The van der Waals surface area contributed by atoms with Crippen LogP contribution in [-0.2, 0) is 7.05 Å². The number of carbonyl (C=O) groups is 1. The van der Waals surface area contributed by atoms with Crippen LogP contribution in [0, 0.1) is 0 Å². The van der Waals surface area contributed by atoms with Gasteiger partial charge in [0.2, 0.25) is 0 Å². The first-order chi connectivity index (χ1) is 7.50. The standard InChI is InChI=1S/C10H7Cl2NO3/c1-13-6-4-5(8(14)9(11)12)2-3-7(6)16-10(13)15/h2-4,9H,1H3. The molecule has 6 heteroatoms. The summed E-state index contributed by atoms with van der Waals surface area (Å²) in [6.07, 6.45) is 0. The molecule has 1 aromatic carbocycles. The predicted molar refractivity (Wildman–Crippen MR) is 61.3 cm³/mol. The summed E-state index contributed by atoms with van der Waals surface area (Å²) in [5.41, 5.74) is 1.30. The van der Waals surface area contributed by atoms with E-state index in [2.05, 4.69) is 0 Å². The van der Waals surface area contributed by atoms with Crippen LogP contribution >= 0.6 is 23.2 Å². The van der Waals surface area contributed by atoms with Gasteiger partial charge < -0.3 is 4.42 Å². The minimum atomic E-state index is -1.11. The van der Waals surface area contributed by atoms with E-state index < -0.39 is 16.4 Å². The number of halogens is 2. The van der Waals surface area contributed by atoms with Gasteiger partial charge in [0.1, 0.15) is 0 Å². The molecule has 0 saturated carbocycles. The smallest absolute Gasteiger partial charge is 0.408 e. The van der Waals surface area contributed by atoms with E-state index in [-0.39, 0.29) is 0 Å². The molecular formula is C10H7Cl2NO3. The van der Waals surface area contributed by atoms with Gasteiger partial charge in [0.05, 0.1) is 5.52 Å². The second-order valence-corrected chi connectivity index (χ2v) is 4.37. The van der Waals surface area contributed by atoms with Gasteiger partial charge >= 0.3 is 5.76 Å². The van der Waals surface area contributed by atoms with E-state index in [4.69, 9.17) is 27.6 Å². The number of oxazole rings is 1. The van der Waals surface area contributed by atoms with Crippen LogP contribution < -0.4 is 5.76 Å². The van der Waals surface area contributed by atoms with Crippen molar-refractivity contribution in [2.75, 3.05) is 0 Å². The Hall–Kier alpha value is -1.26. The van der Waals surface area contributed by atoms with Crippen LogP contribution in [0.15, 0.2) is 27.4 Å². The first kappa shape index (κ1) is 11.2. The van der Waals surface area contributed by atoms with E-state index in [9.17, 15) is 9.59 Å². The van der Waals surface area contributed by atoms with Crippen LogP contribution in [0.1, 0.15) is 10.4 Å². The fourth-order valence-corrected chi connectivity index (χ4v) is 1.66. The molecule has 16 heavy (non-hydrogen) atoms. The lowest BCUT2D eigenvalue weighted by Gasteiger charge is -2.00. The van der Waals surface area contributed by atoms with Crippen LogP contribution in [0.2, 0.25) is 0 Å². The average molecular weight is 260 g/mol. The number of aromatic nitrogens is 1. The Labute approximate surface area is 100 Å². The van der Waals surface area contributed by atoms with Crippen molar-refractivity contribution in [1.82, 2.24) is 4.57 Å². The fraction of sp³-hybridized carbons (Fsp3) is 0.200. The molecule has 0 aliphatic carbocycles. The van der Waals surface area contributed by atoms with E-state index in [1.165, 1.54) is 16.7 Å². The summed E-state index contributed by atoms with van der Waals surface area (Å²) < 4.78 is 6.23. The second kappa shape index (κ2) is 3.96. The van der Waals surface area contributed by atoms with Gasteiger partial charge in [-0.3, -0.25) is 9.36 Å². The Morgan fingerprint density at radius 3 is 2.75 bits per heavy atom. The van der Waals surface area contributed by atoms with Crippen molar-refractivity contribution in [3.63, 3.8) is 0 Å². The number of carbonyl (C=O) groups excluding carboxylic acids is 1. The monoisotopic (exact) mass is 259 g/mol. The van der Waals surface area contributed by atoms with Crippen LogP contribution in [0.25, 0.3) is 11.1 Å². The lowest BCUT2D eigenvalue weighted by Crippen LogP contribution is -2.10. The van der Waals surface area contributed by atoms with E-state index in [1.807, 2.05) is 0 Å². The summed E-state index contributed by atoms with van der Waals surface area (Å²) in [4.78, 5) is 21.6. The van der Waals surface area contributed by atoms with E-state index in [0.717, 1.165) is 0 Å². The van der Waals surface area contributed by atoms with Crippen molar-refractivity contribution < 1.29 is 9.21 Å². The Morgan fingerprint density at radius 2 is 2.12 bits per heavy atom. The Bertz CT molecular complexity index is 612. The largest absolute Gasteiger partial charge is 0.419 e. The number of rotatable bonds is 2. The van der Waals surface area contributed by atoms with Gasteiger partial charge in [-0.2, -0.15) is 0 Å².